The smallest absolute Gasteiger partial charge is 0.0339 e. The van der Waals surface area contributed by atoms with E-state index in [1.165, 1.54) is 46.2 Å². The topological polar surface area (TPSA) is 0 Å². The van der Waals surface area contributed by atoms with E-state index in [1.807, 2.05) is 0 Å². The predicted molar refractivity (Wildman–Crippen MR) is 118 cm³/mol. The molecule has 3 rings (SSSR count). The first-order valence-corrected chi connectivity index (χ1v) is 10.5. The van der Waals surface area contributed by atoms with E-state index in [4.69, 9.17) is 0 Å². The Balaban J connectivity index is 0.00000280. The summed E-state index contributed by atoms with van der Waals surface area (Å²) in [6.45, 7) is 6.69. The number of hydrogen-bond acceptors (Lipinski definition) is 0. The summed E-state index contributed by atoms with van der Waals surface area (Å²) < 4.78 is 0. The quantitative estimate of drug-likeness (QED) is 0.501. The van der Waals surface area contributed by atoms with Crippen LogP contribution in [0.3, 0.4) is 0 Å². The zero-order valence-electron chi connectivity index (χ0n) is 17.4. The van der Waals surface area contributed by atoms with Crippen LogP contribution in [0.1, 0.15) is 72.9 Å². The van der Waals surface area contributed by atoms with E-state index in [-0.39, 0.29) is 12.4 Å². The van der Waals surface area contributed by atoms with E-state index in [9.17, 15) is 0 Å². The van der Waals surface area contributed by atoms with Gasteiger partial charge in [0.2, 0.25) is 0 Å². The third-order valence-electron chi connectivity index (χ3n) is 5.42. The van der Waals surface area contributed by atoms with Crippen LogP contribution < -0.4 is 12.4 Å². The van der Waals surface area contributed by atoms with Gasteiger partial charge in [-0.2, -0.15) is 0 Å². The SMILES string of the molecule is CCCc1ccc(C(c2ccc(CC)cc2)c2ccc(CCC)cc2)cc1.[Cl-]. The number of rotatable bonds is 8. The first-order chi connectivity index (χ1) is 13.2. The molecule has 0 radical (unpaired) electrons. The van der Waals surface area contributed by atoms with Crippen LogP contribution in [0.2, 0.25) is 0 Å². The minimum Gasteiger partial charge on any atom is -1.00 e. The van der Waals surface area contributed by atoms with Gasteiger partial charge in [-0.3, -0.25) is 0 Å². The average Bonchev–Trinajstić information content (AvgIpc) is 2.72. The molecule has 0 saturated carbocycles. The van der Waals surface area contributed by atoms with E-state index in [1.54, 1.807) is 0 Å². The van der Waals surface area contributed by atoms with Crippen LogP contribution >= 0.6 is 0 Å². The van der Waals surface area contributed by atoms with E-state index >= 15 is 0 Å². The molecule has 3 aromatic rings. The second-order valence-electron chi connectivity index (χ2n) is 7.51. The minimum atomic E-state index is 0. The molecule has 3 aromatic carbocycles. The molecule has 0 aliphatic carbocycles. The van der Waals surface area contributed by atoms with Gasteiger partial charge in [-0.25, -0.2) is 0 Å². The molecule has 0 aliphatic rings. The van der Waals surface area contributed by atoms with Gasteiger partial charge in [-0.15, -0.1) is 0 Å². The van der Waals surface area contributed by atoms with Crippen molar-refractivity contribution in [2.45, 2.75) is 58.8 Å². The van der Waals surface area contributed by atoms with Gasteiger partial charge in [0.25, 0.3) is 0 Å². The van der Waals surface area contributed by atoms with Gasteiger partial charge in [-0.05, 0) is 52.6 Å². The lowest BCUT2D eigenvalue weighted by molar-refractivity contribution is -0.00000562. The van der Waals surface area contributed by atoms with Crippen molar-refractivity contribution in [3.8, 4) is 0 Å². The van der Waals surface area contributed by atoms with Crippen molar-refractivity contribution >= 4 is 0 Å². The number of hydrogen-bond donors (Lipinski definition) is 0. The Kier molecular flexibility index (Phi) is 8.80. The van der Waals surface area contributed by atoms with Gasteiger partial charge in [0, 0.05) is 5.92 Å². The molecule has 148 valence electrons. The third-order valence-corrected chi connectivity index (χ3v) is 5.42. The molecule has 0 aromatic heterocycles. The maximum Gasteiger partial charge on any atom is 0.0339 e. The molecule has 0 amide bonds. The van der Waals surface area contributed by atoms with Crippen molar-refractivity contribution in [2.24, 2.45) is 0 Å². The van der Waals surface area contributed by atoms with Crippen LogP contribution in [0.4, 0.5) is 0 Å². The van der Waals surface area contributed by atoms with E-state index in [0.717, 1.165) is 19.3 Å². The molecule has 0 bridgehead atoms. The zero-order chi connectivity index (χ0) is 19.1. The highest BCUT2D eigenvalue weighted by Gasteiger charge is 2.17. The Morgan fingerprint density at radius 3 is 1.11 bits per heavy atom. The molecule has 0 unspecified atom stereocenters. The fourth-order valence-corrected chi connectivity index (χ4v) is 3.85. The second kappa shape index (κ2) is 11.1. The fourth-order valence-electron chi connectivity index (χ4n) is 3.85. The standard InChI is InChI=1S/C27H32.ClH/c1-4-7-22-11-17-25(18-12-22)27(24-15-9-21(6-3)10-16-24)26-19-13-23(8-5-2)14-20-26;/h9-20,27H,4-8H2,1-3H3;1H/p-1. The molecule has 0 atom stereocenters. The van der Waals surface area contributed by atoms with Crippen molar-refractivity contribution < 1.29 is 12.4 Å². The molecular formula is C27H32Cl-. The second-order valence-corrected chi connectivity index (χ2v) is 7.51. The number of aryl methyl sites for hydroxylation is 3. The average molecular weight is 392 g/mol. The first kappa shape index (κ1) is 22.2. The summed E-state index contributed by atoms with van der Waals surface area (Å²) in [6.07, 6.45) is 5.78. The number of halogens is 1. The summed E-state index contributed by atoms with van der Waals surface area (Å²) in [5.41, 5.74) is 8.39. The Bertz CT molecular complexity index is 764. The minimum absolute atomic E-state index is 0. The summed E-state index contributed by atoms with van der Waals surface area (Å²) in [4.78, 5) is 0. The summed E-state index contributed by atoms with van der Waals surface area (Å²) in [5, 5.41) is 0. The molecule has 0 aliphatic heterocycles. The van der Waals surface area contributed by atoms with Gasteiger partial charge in [0.1, 0.15) is 0 Å². The molecule has 0 heterocycles. The summed E-state index contributed by atoms with van der Waals surface area (Å²) in [6, 6.07) is 27.7. The largest absolute Gasteiger partial charge is 1.00 e. The highest BCUT2D eigenvalue weighted by molar-refractivity contribution is 5.45. The van der Waals surface area contributed by atoms with E-state index < -0.39 is 0 Å². The van der Waals surface area contributed by atoms with Crippen LogP contribution in [0, 0.1) is 0 Å². The van der Waals surface area contributed by atoms with Crippen molar-refractivity contribution in [3.63, 3.8) is 0 Å². The van der Waals surface area contributed by atoms with Crippen molar-refractivity contribution in [2.75, 3.05) is 0 Å². The maximum atomic E-state index is 2.32. The zero-order valence-corrected chi connectivity index (χ0v) is 18.2. The lowest BCUT2D eigenvalue weighted by atomic mass is 9.84. The van der Waals surface area contributed by atoms with E-state index in [2.05, 4.69) is 93.6 Å². The van der Waals surface area contributed by atoms with Gasteiger partial charge >= 0.3 is 0 Å². The molecule has 0 fully saturated rings. The van der Waals surface area contributed by atoms with Gasteiger partial charge in [0.05, 0.1) is 0 Å². The summed E-state index contributed by atoms with van der Waals surface area (Å²) in [7, 11) is 0. The van der Waals surface area contributed by atoms with Crippen LogP contribution in [0.5, 0.6) is 0 Å². The normalized spacial score (nSPS) is 10.7. The Morgan fingerprint density at radius 2 is 0.821 bits per heavy atom. The van der Waals surface area contributed by atoms with Gasteiger partial charge < -0.3 is 12.4 Å². The Hall–Kier alpha value is -2.05. The first-order valence-electron chi connectivity index (χ1n) is 10.5. The fraction of sp³-hybridized carbons (Fsp3) is 0.333. The predicted octanol–water partition coefficient (Wildman–Crippen LogP) is 4.34. The van der Waals surface area contributed by atoms with Gasteiger partial charge in [0.15, 0.2) is 0 Å². The number of benzene rings is 3. The highest BCUT2D eigenvalue weighted by Crippen LogP contribution is 2.32. The molecule has 1 heteroatoms. The van der Waals surface area contributed by atoms with Crippen LogP contribution in [0.25, 0.3) is 0 Å². The summed E-state index contributed by atoms with van der Waals surface area (Å²) >= 11 is 0. The molecule has 0 nitrogen and oxygen atoms in total. The summed E-state index contributed by atoms with van der Waals surface area (Å²) in [5.74, 6) is 0.294. The molecule has 0 saturated heterocycles. The monoisotopic (exact) mass is 391 g/mol. The lowest BCUT2D eigenvalue weighted by Crippen LogP contribution is -3.00. The van der Waals surface area contributed by atoms with Crippen molar-refractivity contribution in [1.29, 1.82) is 0 Å². The van der Waals surface area contributed by atoms with Crippen molar-refractivity contribution in [1.82, 2.24) is 0 Å². The lowest BCUT2D eigenvalue weighted by Gasteiger charge is -2.20. The highest BCUT2D eigenvalue weighted by atomic mass is 35.5. The van der Waals surface area contributed by atoms with Crippen LogP contribution in [-0.4, -0.2) is 0 Å². The van der Waals surface area contributed by atoms with E-state index in [0.29, 0.717) is 5.92 Å². The van der Waals surface area contributed by atoms with Crippen LogP contribution in [-0.2, 0) is 19.3 Å². The molecule has 28 heavy (non-hydrogen) atoms. The molecular weight excluding hydrogens is 360 g/mol. The molecule has 0 spiro atoms. The Labute approximate surface area is 177 Å². The third kappa shape index (κ3) is 5.49. The maximum absolute atomic E-state index is 2.32. The van der Waals surface area contributed by atoms with Crippen LogP contribution in [0.15, 0.2) is 72.8 Å². The Morgan fingerprint density at radius 1 is 0.500 bits per heavy atom. The van der Waals surface area contributed by atoms with Gasteiger partial charge in [-0.1, -0.05) is 106 Å². The van der Waals surface area contributed by atoms with Crippen molar-refractivity contribution in [3.05, 3.63) is 106 Å². The molecule has 0 N–H and O–H groups in total.